The smallest absolute Gasteiger partial charge is 0.322 e. The lowest BCUT2D eigenvalue weighted by Crippen LogP contribution is -2.46. The molecule has 3 N–H and O–H groups in total. The summed E-state index contributed by atoms with van der Waals surface area (Å²) >= 11 is 0. The van der Waals surface area contributed by atoms with Crippen molar-refractivity contribution in [2.75, 3.05) is 0 Å². The fourth-order valence-electron chi connectivity index (χ4n) is 0.993. The van der Waals surface area contributed by atoms with Crippen LogP contribution in [-0.4, -0.2) is 23.0 Å². The second-order valence-corrected chi connectivity index (χ2v) is 3.32. The zero-order valence-electron chi connectivity index (χ0n) is 8.83. The first-order chi connectivity index (χ1) is 7.90. The first kappa shape index (κ1) is 13.0. The van der Waals surface area contributed by atoms with E-state index in [9.17, 15) is 18.4 Å². The second kappa shape index (κ2) is 5.35. The van der Waals surface area contributed by atoms with E-state index in [1.807, 2.05) is 5.43 Å². The van der Waals surface area contributed by atoms with Crippen LogP contribution in [0.3, 0.4) is 0 Å². The van der Waals surface area contributed by atoms with E-state index in [2.05, 4.69) is 5.43 Å². The summed E-state index contributed by atoms with van der Waals surface area (Å²) in [6, 6.07) is 1.29. The molecule has 1 rings (SSSR count). The number of carbonyl (C=O) groups is 2. The van der Waals surface area contributed by atoms with Gasteiger partial charge < -0.3 is 5.11 Å². The van der Waals surface area contributed by atoms with E-state index in [1.54, 1.807) is 0 Å². The van der Waals surface area contributed by atoms with Gasteiger partial charge in [0.1, 0.15) is 17.7 Å². The summed E-state index contributed by atoms with van der Waals surface area (Å²) in [6.45, 7) is 1.30. The van der Waals surface area contributed by atoms with Crippen molar-refractivity contribution in [1.29, 1.82) is 0 Å². The Labute approximate surface area is 95.4 Å². The van der Waals surface area contributed by atoms with Gasteiger partial charge in [0, 0.05) is 11.6 Å². The SMILES string of the molecule is C[C@H](NNC(=O)c1cc(F)cc(F)c1)C(=O)O. The summed E-state index contributed by atoms with van der Waals surface area (Å²) in [7, 11) is 0. The molecule has 0 fully saturated rings. The topological polar surface area (TPSA) is 78.4 Å². The van der Waals surface area contributed by atoms with Crippen molar-refractivity contribution in [2.45, 2.75) is 13.0 Å². The number of carboxylic acid groups (broad SMARTS) is 1. The van der Waals surface area contributed by atoms with Gasteiger partial charge in [-0.1, -0.05) is 0 Å². The molecule has 0 unspecified atom stereocenters. The minimum Gasteiger partial charge on any atom is -0.480 e. The van der Waals surface area contributed by atoms with E-state index in [4.69, 9.17) is 5.11 Å². The largest absolute Gasteiger partial charge is 0.480 e. The lowest BCUT2D eigenvalue weighted by atomic mass is 10.2. The summed E-state index contributed by atoms with van der Waals surface area (Å²) < 4.78 is 25.6. The zero-order valence-corrected chi connectivity index (χ0v) is 8.83. The minimum atomic E-state index is -1.17. The molecule has 0 aliphatic rings. The van der Waals surface area contributed by atoms with Gasteiger partial charge in [-0.3, -0.25) is 15.0 Å². The van der Waals surface area contributed by atoms with Crippen LogP contribution in [0, 0.1) is 11.6 Å². The number of amides is 1. The molecule has 17 heavy (non-hydrogen) atoms. The number of nitrogens with one attached hydrogen (secondary N) is 2. The molecule has 1 amide bonds. The van der Waals surface area contributed by atoms with Gasteiger partial charge in [-0.25, -0.2) is 14.2 Å². The molecule has 0 radical (unpaired) electrons. The third kappa shape index (κ3) is 3.80. The first-order valence-corrected chi connectivity index (χ1v) is 4.65. The highest BCUT2D eigenvalue weighted by atomic mass is 19.1. The minimum absolute atomic E-state index is 0.243. The van der Waals surface area contributed by atoms with Gasteiger partial charge in [-0.2, -0.15) is 0 Å². The van der Waals surface area contributed by atoms with E-state index in [1.165, 1.54) is 6.92 Å². The Morgan fingerprint density at radius 3 is 2.24 bits per heavy atom. The standard InChI is InChI=1S/C10H10F2N2O3/c1-5(10(16)17)13-14-9(15)6-2-7(11)4-8(12)3-6/h2-5,13H,1H3,(H,14,15)(H,16,17)/t5-/m0/s1. The van der Waals surface area contributed by atoms with Gasteiger partial charge in [-0.05, 0) is 19.1 Å². The Kier molecular flexibility index (Phi) is 4.11. The van der Waals surface area contributed by atoms with Gasteiger partial charge in [0.15, 0.2) is 0 Å². The van der Waals surface area contributed by atoms with E-state index in [-0.39, 0.29) is 5.56 Å². The van der Waals surface area contributed by atoms with Gasteiger partial charge in [0.05, 0.1) is 0 Å². The third-order valence-electron chi connectivity index (χ3n) is 1.90. The predicted molar refractivity (Wildman–Crippen MR) is 54.1 cm³/mol. The summed E-state index contributed by atoms with van der Waals surface area (Å²) in [5.74, 6) is -3.77. The molecule has 0 saturated heterocycles. The zero-order chi connectivity index (χ0) is 13.0. The summed E-state index contributed by atoms with van der Waals surface area (Å²) in [5.41, 5.74) is 3.96. The lowest BCUT2D eigenvalue weighted by molar-refractivity contribution is -0.139. The van der Waals surface area contributed by atoms with Gasteiger partial charge in [0.25, 0.3) is 5.91 Å². The summed E-state index contributed by atoms with van der Waals surface area (Å²) in [4.78, 5) is 21.8. The normalized spacial score (nSPS) is 11.9. The van der Waals surface area contributed by atoms with Gasteiger partial charge in [-0.15, -0.1) is 0 Å². The maximum Gasteiger partial charge on any atom is 0.322 e. The van der Waals surface area contributed by atoms with E-state index < -0.39 is 29.6 Å². The number of carbonyl (C=O) groups excluding carboxylic acids is 1. The molecule has 1 atom stereocenters. The predicted octanol–water partition coefficient (Wildman–Crippen LogP) is 0.672. The number of benzene rings is 1. The van der Waals surface area contributed by atoms with Crippen molar-refractivity contribution >= 4 is 11.9 Å². The summed E-state index contributed by atoms with van der Waals surface area (Å²) in [6.07, 6.45) is 0. The quantitative estimate of drug-likeness (QED) is 0.680. The van der Waals surface area contributed by atoms with Crippen molar-refractivity contribution in [3.8, 4) is 0 Å². The Morgan fingerprint density at radius 2 is 1.76 bits per heavy atom. The van der Waals surface area contributed by atoms with Crippen molar-refractivity contribution in [2.24, 2.45) is 0 Å². The lowest BCUT2D eigenvalue weighted by Gasteiger charge is -2.10. The van der Waals surface area contributed by atoms with E-state index in [0.717, 1.165) is 12.1 Å². The van der Waals surface area contributed by atoms with Crippen LogP contribution in [0.2, 0.25) is 0 Å². The Bertz CT molecular complexity index is 431. The number of hydrazine groups is 1. The number of hydrogen-bond donors (Lipinski definition) is 3. The molecule has 1 aromatic carbocycles. The molecular weight excluding hydrogens is 234 g/mol. The van der Waals surface area contributed by atoms with Gasteiger partial charge >= 0.3 is 5.97 Å². The van der Waals surface area contributed by atoms with Crippen molar-refractivity contribution < 1.29 is 23.5 Å². The first-order valence-electron chi connectivity index (χ1n) is 4.65. The second-order valence-electron chi connectivity index (χ2n) is 3.32. The summed E-state index contributed by atoms with van der Waals surface area (Å²) in [5, 5.41) is 8.52. The van der Waals surface area contributed by atoms with Crippen LogP contribution >= 0.6 is 0 Å². The molecule has 0 bridgehead atoms. The molecule has 0 spiro atoms. The van der Waals surface area contributed by atoms with E-state index >= 15 is 0 Å². The van der Waals surface area contributed by atoms with Crippen LogP contribution in [0.4, 0.5) is 8.78 Å². The van der Waals surface area contributed by atoms with Crippen molar-refractivity contribution in [3.05, 3.63) is 35.4 Å². The van der Waals surface area contributed by atoms with Crippen LogP contribution in [0.5, 0.6) is 0 Å². The highest BCUT2D eigenvalue weighted by molar-refractivity contribution is 5.94. The monoisotopic (exact) mass is 244 g/mol. The molecule has 7 heteroatoms. The fraction of sp³-hybridized carbons (Fsp3) is 0.200. The number of hydrogen-bond acceptors (Lipinski definition) is 3. The van der Waals surface area contributed by atoms with Crippen molar-refractivity contribution in [1.82, 2.24) is 10.9 Å². The number of halogens is 2. The van der Waals surface area contributed by atoms with Crippen LogP contribution in [-0.2, 0) is 4.79 Å². The maximum absolute atomic E-state index is 12.8. The highest BCUT2D eigenvalue weighted by Gasteiger charge is 2.13. The van der Waals surface area contributed by atoms with Crippen LogP contribution in [0.25, 0.3) is 0 Å². The average molecular weight is 244 g/mol. The molecule has 1 aromatic rings. The maximum atomic E-state index is 12.8. The third-order valence-corrected chi connectivity index (χ3v) is 1.90. The number of carboxylic acids is 1. The molecule has 92 valence electrons. The van der Waals surface area contributed by atoms with Crippen LogP contribution in [0.15, 0.2) is 18.2 Å². The van der Waals surface area contributed by atoms with Crippen LogP contribution < -0.4 is 10.9 Å². The van der Waals surface area contributed by atoms with E-state index in [0.29, 0.717) is 6.07 Å². The number of aliphatic carboxylic acids is 1. The van der Waals surface area contributed by atoms with Crippen LogP contribution in [0.1, 0.15) is 17.3 Å². The Morgan fingerprint density at radius 1 is 1.24 bits per heavy atom. The Hall–Kier alpha value is -2.02. The van der Waals surface area contributed by atoms with Gasteiger partial charge in [0.2, 0.25) is 0 Å². The number of rotatable bonds is 4. The molecular formula is C10H10F2N2O3. The Balaban J connectivity index is 2.67. The molecule has 0 aromatic heterocycles. The molecule has 0 heterocycles. The fourth-order valence-corrected chi connectivity index (χ4v) is 0.993. The average Bonchev–Trinajstić information content (AvgIpc) is 2.23. The highest BCUT2D eigenvalue weighted by Crippen LogP contribution is 2.07. The molecule has 5 nitrogen and oxygen atoms in total. The molecule has 0 saturated carbocycles. The molecule has 0 aliphatic heterocycles. The molecule has 0 aliphatic carbocycles. The van der Waals surface area contributed by atoms with Crippen molar-refractivity contribution in [3.63, 3.8) is 0 Å².